The lowest BCUT2D eigenvalue weighted by molar-refractivity contribution is -0.126. The topological polar surface area (TPSA) is 55.6 Å². The van der Waals surface area contributed by atoms with E-state index in [1.54, 1.807) is 0 Å². The molecule has 1 heterocycles. The Labute approximate surface area is 122 Å². The molecule has 0 aliphatic carbocycles. The van der Waals surface area contributed by atoms with Gasteiger partial charge in [-0.3, -0.25) is 9.69 Å². The largest absolute Gasteiger partial charge is 0.492 e. The number of rotatable bonds is 5. The summed E-state index contributed by atoms with van der Waals surface area (Å²) in [5, 5.41) is 0. The predicted molar refractivity (Wildman–Crippen MR) is 78.0 cm³/mol. The van der Waals surface area contributed by atoms with Gasteiger partial charge in [-0.1, -0.05) is 22.0 Å². The minimum Gasteiger partial charge on any atom is -0.492 e. The summed E-state index contributed by atoms with van der Waals surface area (Å²) >= 11 is 3.41. The van der Waals surface area contributed by atoms with E-state index < -0.39 is 0 Å². The van der Waals surface area contributed by atoms with Gasteiger partial charge in [-0.2, -0.15) is 0 Å². The molecule has 0 aromatic heterocycles. The van der Waals surface area contributed by atoms with E-state index in [9.17, 15) is 4.79 Å². The van der Waals surface area contributed by atoms with E-state index in [4.69, 9.17) is 10.5 Å². The Hall–Kier alpha value is -1.07. The Balaban J connectivity index is 1.77. The summed E-state index contributed by atoms with van der Waals surface area (Å²) in [6.45, 7) is 5.00. The molecule has 1 amide bonds. The Bertz CT molecular complexity index is 467. The summed E-state index contributed by atoms with van der Waals surface area (Å²) in [6, 6.07) is 7.78. The third-order valence-electron chi connectivity index (χ3n) is 3.62. The second kappa shape index (κ2) is 5.92. The second-order valence-electron chi connectivity index (χ2n) is 5.26. The highest BCUT2D eigenvalue weighted by Crippen LogP contribution is 2.29. The molecule has 0 spiro atoms. The number of nitrogens with two attached hydrogens (primary N) is 1. The van der Waals surface area contributed by atoms with E-state index in [-0.39, 0.29) is 11.3 Å². The molecule has 2 N–H and O–H groups in total. The average molecular weight is 327 g/mol. The fraction of sp³-hybridized carbons (Fsp3) is 0.500. The fourth-order valence-corrected chi connectivity index (χ4v) is 2.68. The van der Waals surface area contributed by atoms with Crippen molar-refractivity contribution < 1.29 is 9.53 Å². The molecule has 1 fully saturated rings. The number of hydrogen-bond acceptors (Lipinski definition) is 3. The molecule has 2 rings (SSSR count). The zero-order valence-corrected chi connectivity index (χ0v) is 12.6. The maximum absolute atomic E-state index is 11.4. The first-order chi connectivity index (χ1) is 8.99. The number of carbonyl (C=O) groups is 1. The molecule has 1 aliphatic heterocycles. The fourth-order valence-electron chi connectivity index (χ4n) is 2.30. The highest BCUT2D eigenvalue weighted by Gasteiger charge is 2.38. The van der Waals surface area contributed by atoms with E-state index >= 15 is 0 Å². The number of ether oxygens (including phenoxy) is 1. The lowest BCUT2D eigenvalue weighted by Crippen LogP contribution is -2.37. The van der Waals surface area contributed by atoms with Gasteiger partial charge in [0.2, 0.25) is 5.91 Å². The summed E-state index contributed by atoms with van der Waals surface area (Å²) < 4.78 is 6.70. The van der Waals surface area contributed by atoms with Crippen molar-refractivity contribution in [2.75, 3.05) is 26.2 Å². The lowest BCUT2D eigenvalue weighted by atomic mass is 9.89. The van der Waals surface area contributed by atoms with Gasteiger partial charge in [-0.15, -0.1) is 0 Å². The molecule has 1 aromatic carbocycles. The number of benzene rings is 1. The van der Waals surface area contributed by atoms with E-state index in [1.807, 2.05) is 31.2 Å². The SMILES string of the molecule is CC1(C(N)=O)CCN(CCOc2cccc(Br)c2)C1. The van der Waals surface area contributed by atoms with Crippen molar-refractivity contribution >= 4 is 21.8 Å². The molecule has 0 bridgehead atoms. The highest BCUT2D eigenvalue weighted by molar-refractivity contribution is 9.10. The number of amides is 1. The zero-order valence-electron chi connectivity index (χ0n) is 11.1. The molecule has 104 valence electrons. The van der Waals surface area contributed by atoms with Crippen LogP contribution in [0.3, 0.4) is 0 Å². The van der Waals surface area contributed by atoms with Gasteiger partial charge in [0.1, 0.15) is 12.4 Å². The highest BCUT2D eigenvalue weighted by atomic mass is 79.9. The molecular weight excluding hydrogens is 308 g/mol. The number of carbonyl (C=O) groups excluding carboxylic acids is 1. The molecule has 1 unspecified atom stereocenters. The number of likely N-dealkylation sites (tertiary alicyclic amines) is 1. The van der Waals surface area contributed by atoms with E-state index in [2.05, 4.69) is 20.8 Å². The predicted octanol–water partition coefficient (Wildman–Crippen LogP) is 2.03. The van der Waals surface area contributed by atoms with Gasteiger partial charge in [-0.25, -0.2) is 0 Å². The minimum absolute atomic E-state index is 0.206. The van der Waals surface area contributed by atoms with Gasteiger partial charge in [0, 0.05) is 17.6 Å². The normalized spacial score (nSPS) is 23.5. The van der Waals surface area contributed by atoms with Crippen molar-refractivity contribution in [3.05, 3.63) is 28.7 Å². The molecular formula is C14H19BrN2O2. The van der Waals surface area contributed by atoms with E-state index in [1.165, 1.54) is 0 Å². The average Bonchev–Trinajstić information content (AvgIpc) is 2.73. The molecule has 5 heteroatoms. The van der Waals surface area contributed by atoms with E-state index in [0.717, 1.165) is 36.3 Å². The summed E-state index contributed by atoms with van der Waals surface area (Å²) in [7, 11) is 0. The van der Waals surface area contributed by atoms with Crippen LogP contribution in [0.4, 0.5) is 0 Å². The maximum Gasteiger partial charge on any atom is 0.224 e. The van der Waals surface area contributed by atoms with Crippen molar-refractivity contribution in [1.82, 2.24) is 4.90 Å². The van der Waals surface area contributed by atoms with Gasteiger partial charge < -0.3 is 10.5 Å². The first-order valence-electron chi connectivity index (χ1n) is 6.40. The Morgan fingerprint density at radius 2 is 2.37 bits per heavy atom. The molecule has 1 saturated heterocycles. The Kier molecular flexibility index (Phi) is 4.47. The van der Waals surface area contributed by atoms with Gasteiger partial charge in [-0.05, 0) is 38.1 Å². The van der Waals surface area contributed by atoms with Crippen LogP contribution in [0.5, 0.6) is 5.75 Å². The molecule has 19 heavy (non-hydrogen) atoms. The van der Waals surface area contributed by atoms with Crippen LogP contribution in [-0.4, -0.2) is 37.0 Å². The molecule has 0 saturated carbocycles. The van der Waals surface area contributed by atoms with Gasteiger partial charge in [0.15, 0.2) is 0 Å². The number of primary amides is 1. The maximum atomic E-state index is 11.4. The molecule has 1 aliphatic rings. The van der Waals surface area contributed by atoms with Gasteiger partial charge >= 0.3 is 0 Å². The van der Waals surface area contributed by atoms with Crippen LogP contribution in [0.15, 0.2) is 28.7 Å². The first kappa shape index (κ1) is 14.3. The second-order valence-corrected chi connectivity index (χ2v) is 6.17. The van der Waals surface area contributed by atoms with Crippen molar-refractivity contribution in [2.45, 2.75) is 13.3 Å². The Morgan fingerprint density at radius 1 is 1.58 bits per heavy atom. The van der Waals surface area contributed by atoms with Crippen LogP contribution >= 0.6 is 15.9 Å². The molecule has 0 radical (unpaired) electrons. The summed E-state index contributed by atoms with van der Waals surface area (Å²) in [4.78, 5) is 13.6. The summed E-state index contributed by atoms with van der Waals surface area (Å²) in [6.07, 6.45) is 0.833. The lowest BCUT2D eigenvalue weighted by Gasteiger charge is -2.21. The van der Waals surface area contributed by atoms with Crippen molar-refractivity contribution in [2.24, 2.45) is 11.1 Å². The van der Waals surface area contributed by atoms with E-state index in [0.29, 0.717) is 6.61 Å². The van der Waals surface area contributed by atoms with Crippen LogP contribution in [0, 0.1) is 5.41 Å². The molecule has 4 nitrogen and oxygen atoms in total. The van der Waals surface area contributed by atoms with Crippen LogP contribution < -0.4 is 10.5 Å². The Morgan fingerprint density at radius 3 is 3.00 bits per heavy atom. The van der Waals surface area contributed by atoms with Crippen LogP contribution in [0.2, 0.25) is 0 Å². The van der Waals surface area contributed by atoms with Crippen LogP contribution in [-0.2, 0) is 4.79 Å². The molecule has 1 atom stereocenters. The zero-order chi connectivity index (χ0) is 13.9. The smallest absolute Gasteiger partial charge is 0.224 e. The van der Waals surface area contributed by atoms with Crippen molar-refractivity contribution in [1.29, 1.82) is 0 Å². The monoisotopic (exact) mass is 326 g/mol. The number of halogens is 1. The molecule has 1 aromatic rings. The van der Waals surface area contributed by atoms with Crippen molar-refractivity contribution in [3.8, 4) is 5.75 Å². The summed E-state index contributed by atoms with van der Waals surface area (Å²) in [5.41, 5.74) is 5.05. The minimum atomic E-state index is -0.379. The van der Waals surface area contributed by atoms with Crippen molar-refractivity contribution in [3.63, 3.8) is 0 Å². The third kappa shape index (κ3) is 3.70. The van der Waals surface area contributed by atoms with Gasteiger partial charge in [0.25, 0.3) is 0 Å². The quantitative estimate of drug-likeness (QED) is 0.900. The number of nitrogens with zero attached hydrogens (tertiary/aromatic N) is 1. The third-order valence-corrected chi connectivity index (χ3v) is 4.11. The standard InChI is InChI=1S/C14H19BrN2O2/c1-14(13(16)18)5-6-17(10-14)7-8-19-12-4-2-3-11(15)9-12/h2-4,9H,5-8,10H2,1H3,(H2,16,18). The van der Waals surface area contributed by atoms with Crippen LogP contribution in [0.25, 0.3) is 0 Å². The van der Waals surface area contributed by atoms with Crippen LogP contribution in [0.1, 0.15) is 13.3 Å². The first-order valence-corrected chi connectivity index (χ1v) is 7.19. The van der Waals surface area contributed by atoms with Gasteiger partial charge in [0.05, 0.1) is 5.41 Å². The summed E-state index contributed by atoms with van der Waals surface area (Å²) in [5.74, 6) is 0.647. The number of hydrogen-bond donors (Lipinski definition) is 1.